The van der Waals surface area contributed by atoms with Gasteiger partial charge in [0, 0.05) is 16.3 Å². The normalized spacial score (nSPS) is 10.9. The van der Waals surface area contributed by atoms with Crippen molar-refractivity contribution in [3.8, 4) is 11.8 Å². The van der Waals surface area contributed by atoms with Gasteiger partial charge in [0.2, 0.25) is 0 Å². The Balaban J connectivity index is 1.73. The van der Waals surface area contributed by atoms with Crippen LogP contribution in [0, 0.1) is 18.3 Å². The maximum Gasteiger partial charge on any atom is 0.266 e. The van der Waals surface area contributed by atoms with Crippen molar-refractivity contribution >= 4 is 29.3 Å². The summed E-state index contributed by atoms with van der Waals surface area (Å²) < 4.78 is 5.80. The fourth-order valence-corrected chi connectivity index (χ4v) is 2.88. The summed E-state index contributed by atoms with van der Waals surface area (Å²) in [5.74, 6) is 0.166. The van der Waals surface area contributed by atoms with Crippen LogP contribution in [-0.4, -0.2) is 5.91 Å². The lowest BCUT2D eigenvalue weighted by Crippen LogP contribution is -2.14. The van der Waals surface area contributed by atoms with E-state index in [0.29, 0.717) is 28.6 Å². The van der Waals surface area contributed by atoms with Gasteiger partial charge in [-0.2, -0.15) is 5.26 Å². The molecule has 0 spiro atoms. The highest BCUT2D eigenvalue weighted by atomic mass is 35.5. The van der Waals surface area contributed by atoms with E-state index in [2.05, 4.69) is 5.32 Å². The van der Waals surface area contributed by atoms with Crippen LogP contribution < -0.4 is 10.1 Å². The van der Waals surface area contributed by atoms with E-state index in [1.165, 1.54) is 6.08 Å². The first-order valence-corrected chi connectivity index (χ1v) is 9.39. The van der Waals surface area contributed by atoms with Crippen LogP contribution in [-0.2, 0) is 11.4 Å². The predicted molar refractivity (Wildman–Crippen MR) is 116 cm³/mol. The lowest BCUT2D eigenvalue weighted by Gasteiger charge is -2.09. The van der Waals surface area contributed by atoms with Crippen molar-refractivity contribution in [2.24, 2.45) is 0 Å². The molecule has 0 atom stereocenters. The fourth-order valence-electron chi connectivity index (χ4n) is 2.69. The summed E-state index contributed by atoms with van der Waals surface area (Å²) in [6.07, 6.45) is 1.54. The summed E-state index contributed by atoms with van der Waals surface area (Å²) in [6, 6.07) is 24.0. The molecule has 0 unspecified atom stereocenters. The first-order valence-electron chi connectivity index (χ1n) is 9.02. The average molecular weight is 403 g/mol. The Hall–Kier alpha value is -3.55. The number of aryl methyl sites for hydroxylation is 1. The van der Waals surface area contributed by atoms with Gasteiger partial charge in [-0.15, -0.1) is 0 Å². The molecule has 1 N–H and O–H groups in total. The molecule has 1 amide bonds. The zero-order valence-electron chi connectivity index (χ0n) is 15.9. The Morgan fingerprint density at radius 2 is 1.86 bits per heavy atom. The molecule has 0 saturated carbocycles. The standard InChI is InChI=1S/C24H19ClN2O2/c1-17-7-2-5-12-23(17)27-24(28)20(15-26)13-18-8-6-10-21(14-18)29-16-19-9-3-4-11-22(19)25/h2-14H,16H2,1H3,(H,27,28)/b20-13-. The maximum absolute atomic E-state index is 12.5. The minimum Gasteiger partial charge on any atom is -0.489 e. The SMILES string of the molecule is Cc1ccccc1NC(=O)/C(C#N)=C\c1cccc(OCc2ccccc2Cl)c1. The summed E-state index contributed by atoms with van der Waals surface area (Å²) in [7, 11) is 0. The van der Waals surface area contributed by atoms with Crippen LogP contribution in [0.4, 0.5) is 5.69 Å². The van der Waals surface area contributed by atoms with Gasteiger partial charge in [-0.3, -0.25) is 4.79 Å². The third-order valence-corrected chi connectivity index (χ3v) is 4.65. The van der Waals surface area contributed by atoms with Crippen LogP contribution in [0.1, 0.15) is 16.7 Å². The molecular weight excluding hydrogens is 384 g/mol. The Labute approximate surface area is 175 Å². The molecule has 3 aromatic carbocycles. The number of rotatable bonds is 6. The predicted octanol–water partition coefficient (Wildman–Crippen LogP) is 5.77. The largest absolute Gasteiger partial charge is 0.489 e. The van der Waals surface area contributed by atoms with Crippen molar-refractivity contribution in [2.45, 2.75) is 13.5 Å². The number of hydrogen-bond donors (Lipinski definition) is 1. The number of benzene rings is 3. The number of ether oxygens (including phenoxy) is 1. The van der Waals surface area contributed by atoms with Crippen molar-refractivity contribution in [1.82, 2.24) is 0 Å². The molecule has 3 rings (SSSR count). The molecule has 0 aliphatic heterocycles. The molecule has 29 heavy (non-hydrogen) atoms. The number of halogens is 1. The molecule has 0 saturated heterocycles. The second kappa shape index (κ2) is 9.59. The summed E-state index contributed by atoms with van der Waals surface area (Å²) in [4.78, 5) is 12.5. The van der Waals surface area contributed by atoms with E-state index in [4.69, 9.17) is 16.3 Å². The highest BCUT2D eigenvalue weighted by Crippen LogP contribution is 2.21. The molecule has 0 fully saturated rings. The number of nitrogens with zero attached hydrogens (tertiary/aromatic N) is 1. The summed E-state index contributed by atoms with van der Waals surface area (Å²) in [5.41, 5.74) is 3.18. The fraction of sp³-hybridized carbons (Fsp3) is 0.0833. The van der Waals surface area contributed by atoms with Gasteiger partial charge in [-0.05, 0) is 48.4 Å². The Morgan fingerprint density at radius 3 is 2.62 bits per heavy atom. The van der Waals surface area contributed by atoms with E-state index in [0.717, 1.165) is 11.1 Å². The van der Waals surface area contributed by atoms with E-state index in [-0.39, 0.29) is 5.57 Å². The Bertz CT molecular complexity index is 1100. The molecule has 0 aliphatic carbocycles. The van der Waals surface area contributed by atoms with Gasteiger partial charge in [0.15, 0.2) is 0 Å². The summed E-state index contributed by atoms with van der Waals surface area (Å²) in [5, 5.41) is 12.8. The van der Waals surface area contributed by atoms with Crippen molar-refractivity contribution < 1.29 is 9.53 Å². The lowest BCUT2D eigenvalue weighted by atomic mass is 10.1. The van der Waals surface area contributed by atoms with Crippen molar-refractivity contribution in [1.29, 1.82) is 5.26 Å². The van der Waals surface area contributed by atoms with Gasteiger partial charge in [0.25, 0.3) is 5.91 Å². The second-order valence-corrected chi connectivity index (χ2v) is 6.80. The van der Waals surface area contributed by atoms with Crippen LogP contribution in [0.3, 0.4) is 0 Å². The summed E-state index contributed by atoms with van der Waals surface area (Å²) >= 11 is 6.15. The minimum absolute atomic E-state index is 0.0107. The van der Waals surface area contributed by atoms with E-state index in [9.17, 15) is 10.1 Å². The van der Waals surface area contributed by atoms with Gasteiger partial charge < -0.3 is 10.1 Å². The molecular formula is C24H19ClN2O2. The Kier molecular flexibility index (Phi) is 6.67. The molecule has 0 heterocycles. The number of anilines is 1. The maximum atomic E-state index is 12.5. The van der Waals surface area contributed by atoms with E-state index in [1.807, 2.05) is 67.6 Å². The second-order valence-electron chi connectivity index (χ2n) is 6.39. The Morgan fingerprint density at radius 1 is 1.10 bits per heavy atom. The molecule has 144 valence electrons. The topological polar surface area (TPSA) is 62.1 Å². The van der Waals surface area contributed by atoms with E-state index in [1.54, 1.807) is 18.2 Å². The zero-order chi connectivity index (χ0) is 20.6. The van der Waals surface area contributed by atoms with Crippen LogP contribution in [0.2, 0.25) is 5.02 Å². The lowest BCUT2D eigenvalue weighted by molar-refractivity contribution is -0.112. The first-order chi connectivity index (χ1) is 14.1. The van der Waals surface area contributed by atoms with E-state index >= 15 is 0 Å². The van der Waals surface area contributed by atoms with E-state index < -0.39 is 5.91 Å². The van der Waals surface area contributed by atoms with Gasteiger partial charge in [0.05, 0.1) is 0 Å². The van der Waals surface area contributed by atoms with Gasteiger partial charge >= 0.3 is 0 Å². The number of carbonyl (C=O) groups excluding carboxylic acids is 1. The molecule has 0 aliphatic rings. The number of hydrogen-bond acceptors (Lipinski definition) is 3. The molecule has 0 aromatic heterocycles. The number of nitriles is 1. The number of para-hydroxylation sites is 1. The average Bonchev–Trinajstić information content (AvgIpc) is 2.73. The summed E-state index contributed by atoms with van der Waals surface area (Å²) in [6.45, 7) is 2.22. The van der Waals surface area contributed by atoms with Crippen LogP contribution >= 0.6 is 11.6 Å². The van der Waals surface area contributed by atoms with Gasteiger partial charge in [0.1, 0.15) is 24.0 Å². The minimum atomic E-state index is -0.454. The number of amides is 1. The van der Waals surface area contributed by atoms with Gasteiger partial charge in [-0.25, -0.2) is 0 Å². The molecule has 5 heteroatoms. The third kappa shape index (κ3) is 5.47. The molecule has 0 radical (unpaired) electrons. The molecule has 3 aromatic rings. The van der Waals surface area contributed by atoms with Crippen LogP contribution in [0.15, 0.2) is 78.4 Å². The van der Waals surface area contributed by atoms with Crippen molar-refractivity contribution in [3.05, 3.63) is 100 Å². The molecule has 0 bridgehead atoms. The third-order valence-electron chi connectivity index (χ3n) is 4.28. The first kappa shape index (κ1) is 20.2. The smallest absolute Gasteiger partial charge is 0.266 e. The zero-order valence-corrected chi connectivity index (χ0v) is 16.6. The van der Waals surface area contributed by atoms with Crippen LogP contribution in [0.25, 0.3) is 6.08 Å². The number of carbonyl (C=O) groups is 1. The highest BCUT2D eigenvalue weighted by Gasteiger charge is 2.11. The monoisotopic (exact) mass is 402 g/mol. The van der Waals surface area contributed by atoms with Crippen molar-refractivity contribution in [2.75, 3.05) is 5.32 Å². The van der Waals surface area contributed by atoms with Crippen LogP contribution in [0.5, 0.6) is 5.75 Å². The quantitative estimate of drug-likeness (QED) is 0.420. The highest BCUT2D eigenvalue weighted by molar-refractivity contribution is 6.31. The molecule has 4 nitrogen and oxygen atoms in total. The van der Waals surface area contributed by atoms with Gasteiger partial charge in [-0.1, -0.05) is 60.1 Å². The number of nitrogens with one attached hydrogen (secondary N) is 1. The van der Waals surface area contributed by atoms with Crippen molar-refractivity contribution in [3.63, 3.8) is 0 Å².